The summed E-state index contributed by atoms with van der Waals surface area (Å²) in [5.74, 6) is -0.503. The quantitative estimate of drug-likeness (QED) is 0.765. The van der Waals surface area contributed by atoms with E-state index in [4.69, 9.17) is 5.73 Å². The summed E-state index contributed by atoms with van der Waals surface area (Å²) in [4.78, 5) is 16.7. The molecule has 0 atom stereocenters. The summed E-state index contributed by atoms with van der Waals surface area (Å²) >= 11 is 0. The average Bonchev–Trinajstić information content (AvgIpc) is 2.43. The number of hydrogen-bond acceptors (Lipinski definition) is 4. The van der Waals surface area contributed by atoms with Gasteiger partial charge in [-0.2, -0.15) is 0 Å². The number of pyridine rings is 1. The molecule has 23 heavy (non-hydrogen) atoms. The maximum Gasteiger partial charge on any atom is 0.252 e. The van der Waals surface area contributed by atoms with Gasteiger partial charge in [0.05, 0.1) is 28.1 Å². The summed E-state index contributed by atoms with van der Waals surface area (Å²) in [5, 5.41) is 14.2. The molecule has 2 aromatic rings. The van der Waals surface area contributed by atoms with Gasteiger partial charge in [-0.15, -0.1) is 0 Å². The second-order valence-electron chi connectivity index (χ2n) is 6.80. The Morgan fingerprint density at radius 3 is 2.57 bits per heavy atom. The van der Waals surface area contributed by atoms with Crippen LogP contribution >= 0.6 is 0 Å². The van der Waals surface area contributed by atoms with E-state index in [0.29, 0.717) is 24.1 Å². The summed E-state index contributed by atoms with van der Waals surface area (Å²) in [6, 6.07) is 7.83. The fraction of sp³-hybridized carbons (Fsp3) is 0.444. The molecule has 5 heteroatoms. The number of rotatable bonds is 6. The third-order valence-corrected chi connectivity index (χ3v) is 3.62. The molecule has 0 aliphatic rings. The van der Waals surface area contributed by atoms with Crippen LogP contribution in [0.4, 0.5) is 5.69 Å². The van der Waals surface area contributed by atoms with Crippen molar-refractivity contribution in [1.29, 1.82) is 0 Å². The van der Waals surface area contributed by atoms with Crippen LogP contribution in [0, 0.1) is 0 Å². The zero-order chi connectivity index (χ0) is 17.2. The number of amides is 1. The van der Waals surface area contributed by atoms with Gasteiger partial charge in [0.15, 0.2) is 0 Å². The molecule has 0 fully saturated rings. The fourth-order valence-electron chi connectivity index (χ4n) is 2.57. The van der Waals surface area contributed by atoms with Gasteiger partial charge in [-0.3, -0.25) is 9.78 Å². The van der Waals surface area contributed by atoms with E-state index in [9.17, 15) is 9.90 Å². The van der Waals surface area contributed by atoms with E-state index in [2.05, 4.69) is 10.3 Å². The first-order valence-electron chi connectivity index (χ1n) is 7.89. The van der Waals surface area contributed by atoms with Gasteiger partial charge < -0.3 is 16.2 Å². The number of fused-ring (bicyclic) bond motifs is 1. The monoisotopic (exact) mass is 315 g/mol. The number of aryl methyl sites for hydroxylation is 1. The lowest BCUT2D eigenvalue weighted by Crippen LogP contribution is -2.24. The highest BCUT2D eigenvalue weighted by Gasteiger charge is 2.22. The number of nitrogens with two attached hydrogens (primary N) is 1. The number of benzene rings is 1. The molecule has 4 N–H and O–H groups in total. The van der Waals surface area contributed by atoms with Gasteiger partial charge in [0, 0.05) is 11.4 Å². The third kappa shape index (κ3) is 4.20. The van der Waals surface area contributed by atoms with E-state index in [0.717, 1.165) is 16.6 Å². The molecule has 1 amide bonds. The average molecular weight is 315 g/mol. The van der Waals surface area contributed by atoms with Gasteiger partial charge >= 0.3 is 0 Å². The number of carbonyl (C=O) groups is 1. The Morgan fingerprint density at radius 1 is 1.35 bits per heavy atom. The fourth-order valence-corrected chi connectivity index (χ4v) is 2.57. The van der Waals surface area contributed by atoms with Crippen LogP contribution in [0.3, 0.4) is 0 Å². The molecule has 0 aliphatic heterocycles. The molecule has 0 radical (unpaired) electrons. The van der Waals surface area contributed by atoms with Crippen molar-refractivity contribution in [3.63, 3.8) is 0 Å². The number of anilines is 1. The highest BCUT2D eigenvalue weighted by atomic mass is 16.3. The van der Waals surface area contributed by atoms with Crippen molar-refractivity contribution in [2.75, 3.05) is 5.32 Å². The molecule has 1 heterocycles. The molecule has 0 spiro atoms. The minimum absolute atomic E-state index is 0.154. The van der Waals surface area contributed by atoms with E-state index in [-0.39, 0.29) is 6.04 Å². The standard InChI is InChI=1S/C18H25N3O2/c1-11(2)20-16-12-7-5-6-8-13(12)21-14(15(16)17(19)22)9-10-18(3,4)23/h5-8,11,23H,9-10H2,1-4H3,(H2,19,22)(H,20,21). The number of carbonyl (C=O) groups excluding carboxylic acids is 1. The Kier molecular flexibility index (Phi) is 4.90. The number of nitrogens with zero attached hydrogens (tertiary/aromatic N) is 1. The van der Waals surface area contributed by atoms with Crippen LogP contribution in [0.2, 0.25) is 0 Å². The Morgan fingerprint density at radius 2 is 2.00 bits per heavy atom. The first-order chi connectivity index (χ1) is 10.7. The number of primary amides is 1. The van der Waals surface area contributed by atoms with Crippen LogP contribution in [-0.2, 0) is 6.42 Å². The van der Waals surface area contributed by atoms with Crippen LogP contribution < -0.4 is 11.1 Å². The van der Waals surface area contributed by atoms with Crippen molar-refractivity contribution in [3.8, 4) is 0 Å². The van der Waals surface area contributed by atoms with E-state index in [1.807, 2.05) is 38.1 Å². The normalized spacial score (nSPS) is 11.9. The molecular formula is C18H25N3O2. The second kappa shape index (κ2) is 6.54. The number of para-hydroxylation sites is 1. The van der Waals surface area contributed by atoms with Gasteiger partial charge in [0.1, 0.15) is 0 Å². The Balaban J connectivity index is 2.65. The van der Waals surface area contributed by atoms with Crippen LogP contribution in [0.25, 0.3) is 10.9 Å². The minimum Gasteiger partial charge on any atom is -0.390 e. The van der Waals surface area contributed by atoms with Gasteiger partial charge in [0.2, 0.25) is 0 Å². The predicted molar refractivity (Wildman–Crippen MR) is 93.6 cm³/mol. The van der Waals surface area contributed by atoms with Gasteiger partial charge in [-0.1, -0.05) is 18.2 Å². The first kappa shape index (κ1) is 17.2. The van der Waals surface area contributed by atoms with Crippen molar-refractivity contribution in [2.24, 2.45) is 5.73 Å². The number of hydrogen-bond donors (Lipinski definition) is 3. The second-order valence-corrected chi connectivity index (χ2v) is 6.80. The van der Waals surface area contributed by atoms with Crippen LogP contribution in [0.15, 0.2) is 24.3 Å². The molecule has 1 aromatic heterocycles. The zero-order valence-corrected chi connectivity index (χ0v) is 14.2. The highest BCUT2D eigenvalue weighted by Crippen LogP contribution is 2.30. The summed E-state index contributed by atoms with van der Waals surface area (Å²) < 4.78 is 0. The molecular weight excluding hydrogens is 290 g/mol. The van der Waals surface area contributed by atoms with E-state index >= 15 is 0 Å². The van der Waals surface area contributed by atoms with Crippen LogP contribution in [0.1, 0.15) is 50.2 Å². The molecule has 1 aromatic carbocycles. The van der Waals surface area contributed by atoms with Crippen molar-refractivity contribution >= 4 is 22.5 Å². The summed E-state index contributed by atoms with van der Waals surface area (Å²) in [5.41, 5.74) is 7.40. The lowest BCUT2D eigenvalue weighted by molar-refractivity contribution is 0.0709. The highest BCUT2D eigenvalue weighted by molar-refractivity contribution is 6.07. The van der Waals surface area contributed by atoms with Crippen molar-refractivity contribution < 1.29 is 9.90 Å². The SMILES string of the molecule is CC(C)Nc1c(C(N)=O)c(CCC(C)(C)O)nc2ccccc12. The number of nitrogens with one attached hydrogen (secondary N) is 1. The first-order valence-corrected chi connectivity index (χ1v) is 7.89. The molecule has 0 saturated heterocycles. The largest absolute Gasteiger partial charge is 0.390 e. The summed E-state index contributed by atoms with van der Waals surface area (Å²) in [6.45, 7) is 7.50. The molecule has 0 bridgehead atoms. The number of aromatic nitrogens is 1. The Hall–Kier alpha value is -2.14. The maximum absolute atomic E-state index is 12.1. The maximum atomic E-state index is 12.1. The summed E-state index contributed by atoms with van der Waals surface area (Å²) in [6.07, 6.45) is 0.985. The molecule has 0 aliphatic carbocycles. The van der Waals surface area contributed by atoms with Crippen LogP contribution in [-0.4, -0.2) is 27.6 Å². The van der Waals surface area contributed by atoms with E-state index in [1.165, 1.54) is 0 Å². The molecule has 0 unspecified atom stereocenters. The molecule has 2 rings (SSSR count). The lowest BCUT2D eigenvalue weighted by atomic mass is 9.96. The van der Waals surface area contributed by atoms with Crippen molar-refractivity contribution in [2.45, 2.75) is 52.2 Å². The molecule has 124 valence electrons. The Labute approximate surface area is 136 Å². The zero-order valence-electron chi connectivity index (χ0n) is 14.2. The van der Waals surface area contributed by atoms with Gasteiger partial charge in [0.25, 0.3) is 5.91 Å². The van der Waals surface area contributed by atoms with Crippen molar-refractivity contribution in [1.82, 2.24) is 4.98 Å². The Bertz CT molecular complexity index is 718. The predicted octanol–water partition coefficient (Wildman–Crippen LogP) is 2.86. The van der Waals surface area contributed by atoms with E-state index in [1.54, 1.807) is 13.8 Å². The smallest absolute Gasteiger partial charge is 0.252 e. The van der Waals surface area contributed by atoms with E-state index < -0.39 is 11.5 Å². The summed E-state index contributed by atoms with van der Waals surface area (Å²) in [7, 11) is 0. The van der Waals surface area contributed by atoms with Crippen molar-refractivity contribution in [3.05, 3.63) is 35.5 Å². The lowest BCUT2D eigenvalue weighted by Gasteiger charge is -2.21. The van der Waals surface area contributed by atoms with Crippen LogP contribution in [0.5, 0.6) is 0 Å². The number of aliphatic hydroxyl groups is 1. The minimum atomic E-state index is -0.826. The molecule has 5 nitrogen and oxygen atoms in total. The van der Waals surface area contributed by atoms with Gasteiger partial charge in [-0.25, -0.2) is 0 Å². The topological polar surface area (TPSA) is 88.2 Å². The molecule has 0 saturated carbocycles. The third-order valence-electron chi connectivity index (χ3n) is 3.62. The van der Waals surface area contributed by atoms with Gasteiger partial charge in [-0.05, 0) is 46.6 Å².